The lowest BCUT2D eigenvalue weighted by atomic mass is 9.97. The highest BCUT2D eigenvalue weighted by atomic mass is 16.5. The van der Waals surface area contributed by atoms with Crippen LogP contribution in [-0.4, -0.2) is 28.8 Å². The third-order valence-electron chi connectivity index (χ3n) is 4.84. The second-order valence-electron chi connectivity index (χ2n) is 6.39. The second kappa shape index (κ2) is 7.18. The number of nitrogens with zero attached hydrogens (tertiary/aromatic N) is 2. The zero-order valence-electron chi connectivity index (χ0n) is 14.6. The third kappa shape index (κ3) is 3.51. The first-order chi connectivity index (χ1) is 11.6. The maximum absolute atomic E-state index is 12.2. The number of hydrogen-bond acceptors (Lipinski definition) is 3. The molecule has 2 aromatic rings. The summed E-state index contributed by atoms with van der Waals surface area (Å²) in [6.45, 7) is 5.28. The van der Waals surface area contributed by atoms with Gasteiger partial charge in [-0.25, -0.2) is 0 Å². The SMILES string of the molecule is Cc1nn(C)c(C)c1CCC(=O)NC[C@@H]1OCCc2ccccc21. The highest BCUT2D eigenvalue weighted by molar-refractivity contribution is 5.76. The molecule has 0 bridgehead atoms. The molecule has 5 nitrogen and oxygen atoms in total. The van der Waals surface area contributed by atoms with E-state index in [1.165, 1.54) is 16.7 Å². The highest BCUT2D eigenvalue weighted by Gasteiger charge is 2.21. The summed E-state index contributed by atoms with van der Waals surface area (Å²) in [5.74, 6) is 0.0595. The number of carbonyl (C=O) groups is 1. The minimum atomic E-state index is -0.0410. The van der Waals surface area contributed by atoms with E-state index in [-0.39, 0.29) is 12.0 Å². The normalized spacial score (nSPS) is 16.7. The fraction of sp³-hybridized carbons (Fsp3) is 0.474. The Labute approximate surface area is 143 Å². The van der Waals surface area contributed by atoms with Crippen molar-refractivity contribution in [1.82, 2.24) is 15.1 Å². The standard InChI is InChI=1S/C19H25N3O2/c1-13-16(14(2)22(3)21-13)8-9-19(23)20-12-18-17-7-5-4-6-15(17)10-11-24-18/h4-7,18H,8-12H2,1-3H3,(H,20,23)/t18-/m0/s1. The molecule has 2 heterocycles. The number of aromatic nitrogens is 2. The number of hydrogen-bond donors (Lipinski definition) is 1. The smallest absolute Gasteiger partial charge is 0.220 e. The van der Waals surface area contributed by atoms with E-state index in [1.54, 1.807) is 0 Å². The van der Waals surface area contributed by atoms with Crippen LogP contribution in [0.1, 0.15) is 40.6 Å². The Morgan fingerprint density at radius 2 is 2.17 bits per heavy atom. The van der Waals surface area contributed by atoms with Gasteiger partial charge in [0.15, 0.2) is 0 Å². The quantitative estimate of drug-likeness (QED) is 0.917. The Morgan fingerprint density at radius 3 is 2.92 bits per heavy atom. The van der Waals surface area contributed by atoms with Gasteiger partial charge in [-0.2, -0.15) is 5.10 Å². The summed E-state index contributed by atoms with van der Waals surface area (Å²) in [5.41, 5.74) is 5.83. The molecule has 128 valence electrons. The van der Waals surface area contributed by atoms with Gasteiger partial charge < -0.3 is 10.1 Å². The largest absolute Gasteiger partial charge is 0.371 e. The van der Waals surface area contributed by atoms with Crippen LogP contribution in [0.4, 0.5) is 0 Å². The van der Waals surface area contributed by atoms with Crippen LogP contribution in [0.15, 0.2) is 24.3 Å². The van der Waals surface area contributed by atoms with E-state index < -0.39 is 0 Å². The molecule has 24 heavy (non-hydrogen) atoms. The van der Waals surface area contributed by atoms with Crippen molar-refractivity contribution in [2.45, 2.75) is 39.2 Å². The van der Waals surface area contributed by atoms with Gasteiger partial charge in [-0.15, -0.1) is 0 Å². The Bertz CT molecular complexity index is 736. The van der Waals surface area contributed by atoms with Gasteiger partial charge in [0.2, 0.25) is 5.91 Å². The van der Waals surface area contributed by atoms with E-state index in [1.807, 2.05) is 31.6 Å². The average Bonchev–Trinajstić information content (AvgIpc) is 2.83. The van der Waals surface area contributed by atoms with Crippen LogP contribution in [0.25, 0.3) is 0 Å². The summed E-state index contributed by atoms with van der Waals surface area (Å²) >= 11 is 0. The van der Waals surface area contributed by atoms with Crippen molar-refractivity contribution in [2.24, 2.45) is 7.05 Å². The summed E-state index contributed by atoms with van der Waals surface area (Å²) in [5, 5.41) is 7.42. The number of fused-ring (bicyclic) bond motifs is 1. The van der Waals surface area contributed by atoms with Gasteiger partial charge in [0, 0.05) is 25.7 Å². The molecule has 5 heteroatoms. The van der Waals surface area contributed by atoms with Gasteiger partial charge in [-0.3, -0.25) is 9.48 Å². The maximum Gasteiger partial charge on any atom is 0.220 e. The van der Waals surface area contributed by atoms with Crippen LogP contribution in [0, 0.1) is 13.8 Å². The number of benzene rings is 1. The molecule has 1 aromatic carbocycles. The Kier molecular flexibility index (Phi) is 5.00. The van der Waals surface area contributed by atoms with Crippen molar-refractivity contribution >= 4 is 5.91 Å². The summed E-state index contributed by atoms with van der Waals surface area (Å²) in [6.07, 6.45) is 2.10. The molecule has 0 saturated heterocycles. The molecule has 0 unspecified atom stereocenters. The summed E-state index contributed by atoms with van der Waals surface area (Å²) in [6, 6.07) is 8.31. The van der Waals surface area contributed by atoms with Crippen LogP contribution in [-0.2, 0) is 29.4 Å². The zero-order chi connectivity index (χ0) is 17.1. The van der Waals surface area contributed by atoms with E-state index in [2.05, 4.69) is 28.6 Å². The third-order valence-corrected chi connectivity index (χ3v) is 4.84. The Hall–Kier alpha value is -2.14. The average molecular weight is 327 g/mol. The van der Waals surface area contributed by atoms with Crippen molar-refractivity contribution in [2.75, 3.05) is 13.2 Å². The molecule has 1 aromatic heterocycles. The van der Waals surface area contributed by atoms with Gasteiger partial charge in [0.1, 0.15) is 6.10 Å². The molecular weight excluding hydrogens is 302 g/mol. The first-order valence-electron chi connectivity index (χ1n) is 8.51. The molecule has 0 radical (unpaired) electrons. The molecule has 1 aliphatic heterocycles. The molecule has 0 aliphatic carbocycles. The minimum absolute atomic E-state index is 0.0410. The summed E-state index contributed by atoms with van der Waals surface area (Å²) in [4.78, 5) is 12.2. The predicted octanol–water partition coefficient (Wildman–Crippen LogP) is 2.40. The maximum atomic E-state index is 12.2. The minimum Gasteiger partial charge on any atom is -0.371 e. The van der Waals surface area contributed by atoms with E-state index >= 15 is 0 Å². The molecular formula is C19H25N3O2. The molecule has 0 spiro atoms. The second-order valence-corrected chi connectivity index (χ2v) is 6.39. The van der Waals surface area contributed by atoms with Gasteiger partial charge >= 0.3 is 0 Å². The van der Waals surface area contributed by atoms with Gasteiger partial charge in [-0.05, 0) is 43.4 Å². The Balaban J connectivity index is 1.53. The van der Waals surface area contributed by atoms with Crippen molar-refractivity contribution in [3.8, 4) is 0 Å². The predicted molar refractivity (Wildman–Crippen MR) is 92.9 cm³/mol. The van der Waals surface area contributed by atoms with E-state index in [0.29, 0.717) is 19.6 Å². The van der Waals surface area contributed by atoms with Crippen LogP contribution in [0.5, 0.6) is 0 Å². The number of nitrogens with one attached hydrogen (secondary N) is 1. The van der Waals surface area contributed by atoms with Crippen molar-refractivity contribution in [1.29, 1.82) is 0 Å². The van der Waals surface area contributed by atoms with Crippen molar-refractivity contribution < 1.29 is 9.53 Å². The molecule has 0 saturated carbocycles. The molecule has 3 rings (SSSR count). The summed E-state index contributed by atoms with van der Waals surface area (Å²) in [7, 11) is 1.93. The fourth-order valence-corrected chi connectivity index (χ4v) is 3.36. The van der Waals surface area contributed by atoms with Crippen LogP contribution in [0.3, 0.4) is 0 Å². The fourth-order valence-electron chi connectivity index (χ4n) is 3.36. The van der Waals surface area contributed by atoms with Gasteiger partial charge in [0.25, 0.3) is 0 Å². The zero-order valence-corrected chi connectivity index (χ0v) is 14.6. The number of carbonyl (C=O) groups excluding carboxylic acids is 1. The first kappa shape index (κ1) is 16.7. The van der Waals surface area contributed by atoms with Crippen molar-refractivity contribution in [3.63, 3.8) is 0 Å². The highest BCUT2D eigenvalue weighted by Crippen LogP contribution is 2.26. The van der Waals surface area contributed by atoms with E-state index in [0.717, 1.165) is 24.2 Å². The topological polar surface area (TPSA) is 56.2 Å². The van der Waals surface area contributed by atoms with E-state index in [4.69, 9.17) is 4.74 Å². The molecule has 0 fully saturated rings. The first-order valence-corrected chi connectivity index (χ1v) is 8.51. The summed E-state index contributed by atoms with van der Waals surface area (Å²) < 4.78 is 7.70. The molecule has 1 aliphatic rings. The lowest BCUT2D eigenvalue weighted by Gasteiger charge is -2.26. The Morgan fingerprint density at radius 1 is 1.38 bits per heavy atom. The van der Waals surface area contributed by atoms with Crippen LogP contribution in [0.2, 0.25) is 0 Å². The van der Waals surface area contributed by atoms with Crippen LogP contribution >= 0.6 is 0 Å². The number of amides is 1. The monoisotopic (exact) mass is 327 g/mol. The van der Waals surface area contributed by atoms with E-state index in [9.17, 15) is 4.79 Å². The lowest BCUT2D eigenvalue weighted by molar-refractivity contribution is -0.121. The number of aryl methyl sites for hydroxylation is 2. The number of rotatable bonds is 5. The lowest BCUT2D eigenvalue weighted by Crippen LogP contribution is -2.32. The molecule has 1 atom stereocenters. The van der Waals surface area contributed by atoms with Crippen molar-refractivity contribution in [3.05, 3.63) is 52.3 Å². The van der Waals surface area contributed by atoms with Gasteiger partial charge in [0.05, 0.1) is 12.3 Å². The molecule has 1 amide bonds. The molecule has 1 N–H and O–H groups in total. The number of ether oxygens (including phenoxy) is 1. The van der Waals surface area contributed by atoms with Gasteiger partial charge in [-0.1, -0.05) is 24.3 Å². The van der Waals surface area contributed by atoms with Crippen LogP contribution < -0.4 is 5.32 Å².